The van der Waals surface area contributed by atoms with Crippen LogP contribution in [0.5, 0.6) is 0 Å². The van der Waals surface area contributed by atoms with Crippen LogP contribution in [0.3, 0.4) is 0 Å². The Labute approximate surface area is 106 Å². The maximum absolute atomic E-state index is 11.7. The number of Topliss-reactive ketones (excluding diaryl/α,β-unsaturated/α-hetero) is 1. The summed E-state index contributed by atoms with van der Waals surface area (Å²) in [6.07, 6.45) is -0.495. The van der Waals surface area contributed by atoms with Gasteiger partial charge in [0.15, 0.2) is 15.6 Å². The first kappa shape index (κ1) is 13.3. The molecule has 7 heteroatoms. The second kappa shape index (κ2) is 3.69. The summed E-state index contributed by atoms with van der Waals surface area (Å²) in [4.78, 5) is 24.8. The SMILES string of the molecule is CC(C)(C)OC(=O)N1CC2(C1)CS(=O)(=O)CC2=O. The monoisotopic (exact) mass is 275 g/mol. The molecule has 0 aliphatic carbocycles. The van der Waals surface area contributed by atoms with Gasteiger partial charge in [-0.05, 0) is 20.8 Å². The van der Waals surface area contributed by atoms with Crippen molar-refractivity contribution in [2.24, 2.45) is 5.41 Å². The molecule has 2 saturated heterocycles. The molecule has 0 atom stereocenters. The summed E-state index contributed by atoms with van der Waals surface area (Å²) in [6.45, 7) is 5.57. The molecule has 2 aliphatic rings. The average molecular weight is 275 g/mol. The zero-order valence-electron chi connectivity index (χ0n) is 10.7. The quantitative estimate of drug-likeness (QED) is 0.632. The van der Waals surface area contributed by atoms with Crippen molar-refractivity contribution in [1.29, 1.82) is 0 Å². The summed E-state index contributed by atoms with van der Waals surface area (Å²) in [5.74, 6) is -0.810. The van der Waals surface area contributed by atoms with E-state index in [0.717, 1.165) is 0 Å². The molecule has 2 heterocycles. The highest BCUT2D eigenvalue weighted by atomic mass is 32.2. The van der Waals surface area contributed by atoms with E-state index in [9.17, 15) is 18.0 Å². The Morgan fingerprint density at radius 2 is 1.89 bits per heavy atom. The predicted octanol–water partition coefficient (Wildman–Crippen LogP) is 0.221. The van der Waals surface area contributed by atoms with Crippen LogP contribution in [0, 0.1) is 5.41 Å². The van der Waals surface area contributed by atoms with E-state index in [1.807, 2.05) is 0 Å². The van der Waals surface area contributed by atoms with Crippen molar-refractivity contribution in [3.63, 3.8) is 0 Å². The maximum Gasteiger partial charge on any atom is 0.410 e. The molecule has 102 valence electrons. The lowest BCUT2D eigenvalue weighted by atomic mass is 9.79. The van der Waals surface area contributed by atoms with Crippen LogP contribution in [0.15, 0.2) is 0 Å². The molecule has 0 radical (unpaired) electrons. The Balaban J connectivity index is 1.99. The van der Waals surface area contributed by atoms with Gasteiger partial charge in [-0.3, -0.25) is 4.79 Å². The molecule has 0 aromatic heterocycles. The number of ether oxygens (including phenoxy) is 1. The van der Waals surface area contributed by atoms with Gasteiger partial charge in [-0.2, -0.15) is 0 Å². The van der Waals surface area contributed by atoms with Crippen LogP contribution in [0.2, 0.25) is 0 Å². The van der Waals surface area contributed by atoms with Gasteiger partial charge >= 0.3 is 6.09 Å². The summed E-state index contributed by atoms with van der Waals surface area (Å²) < 4.78 is 28.0. The molecule has 6 nitrogen and oxygen atoms in total. The number of hydrogen-bond acceptors (Lipinski definition) is 5. The van der Waals surface area contributed by atoms with Crippen LogP contribution in [0.1, 0.15) is 20.8 Å². The highest BCUT2D eigenvalue weighted by molar-refractivity contribution is 7.92. The molecule has 2 rings (SSSR count). The molecule has 0 N–H and O–H groups in total. The van der Waals surface area contributed by atoms with Crippen molar-refractivity contribution >= 4 is 21.7 Å². The molecule has 0 bridgehead atoms. The Bertz CT molecular complexity index is 496. The number of hydrogen-bond donors (Lipinski definition) is 0. The molecule has 2 fully saturated rings. The van der Waals surface area contributed by atoms with E-state index in [1.54, 1.807) is 20.8 Å². The molecular formula is C11H17NO5S. The Morgan fingerprint density at radius 3 is 2.28 bits per heavy atom. The third-order valence-electron chi connectivity index (χ3n) is 3.08. The first-order valence-electron chi connectivity index (χ1n) is 5.75. The molecule has 0 aromatic carbocycles. The van der Waals surface area contributed by atoms with Gasteiger partial charge < -0.3 is 9.64 Å². The Kier molecular flexibility index (Phi) is 2.73. The Hall–Kier alpha value is -1.11. The van der Waals surface area contributed by atoms with Crippen LogP contribution >= 0.6 is 0 Å². The maximum atomic E-state index is 11.7. The van der Waals surface area contributed by atoms with Gasteiger partial charge in [-0.15, -0.1) is 0 Å². The van der Waals surface area contributed by atoms with Crippen LogP contribution in [0.4, 0.5) is 4.79 Å². The van der Waals surface area contributed by atoms with Crippen molar-refractivity contribution in [2.45, 2.75) is 26.4 Å². The van der Waals surface area contributed by atoms with Gasteiger partial charge in [0, 0.05) is 13.1 Å². The molecule has 1 spiro atoms. The van der Waals surface area contributed by atoms with Crippen molar-refractivity contribution in [1.82, 2.24) is 4.90 Å². The van der Waals surface area contributed by atoms with E-state index in [1.165, 1.54) is 4.90 Å². The normalized spacial score (nSPS) is 25.1. The van der Waals surface area contributed by atoms with Crippen LogP contribution in [0.25, 0.3) is 0 Å². The highest BCUT2D eigenvalue weighted by Gasteiger charge is 2.58. The molecule has 2 aliphatic heterocycles. The van der Waals surface area contributed by atoms with Gasteiger partial charge in [0.05, 0.1) is 11.2 Å². The first-order valence-corrected chi connectivity index (χ1v) is 7.57. The third kappa shape index (κ3) is 2.36. The largest absolute Gasteiger partial charge is 0.444 e. The van der Waals surface area contributed by atoms with Crippen LogP contribution in [-0.2, 0) is 19.4 Å². The topological polar surface area (TPSA) is 80.8 Å². The summed E-state index contributed by atoms with van der Waals surface area (Å²) in [5, 5.41) is 0. The summed E-state index contributed by atoms with van der Waals surface area (Å²) >= 11 is 0. The number of amides is 1. The molecule has 0 unspecified atom stereocenters. The minimum absolute atomic E-state index is 0.141. The zero-order valence-corrected chi connectivity index (χ0v) is 11.5. The van der Waals surface area contributed by atoms with Gasteiger partial charge in [-0.25, -0.2) is 13.2 Å². The number of rotatable bonds is 0. The third-order valence-corrected chi connectivity index (χ3v) is 4.77. The molecule has 0 aromatic rings. The number of likely N-dealkylation sites (tertiary alicyclic amines) is 1. The Morgan fingerprint density at radius 1 is 1.33 bits per heavy atom. The van der Waals surface area contributed by atoms with E-state index in [-0.39, 0.29) is 24.6 Å². The minimum Gasteiger partial charge on any atom is -0.444 e. The van der Waals surface area contributed by atoms with Crippen molar-refractivity contribution in [3.05, 3.63) is 0 Å². The van der Waals surface area contributed by atoms with Gasteiger partial charge in [0.1, 0.15) is 11.4 Å². The fourth-order valence-electron chi connectivity index (χ4n) is 2.31. The molecule has 18 heavy (non-hydrogen) atoms. The van der Waals surface area contributed by atoms with Crippen molar-refractivity contribution in [3.8, 4) is 0 Å². The number of ketones is 1. The number of carbonyl (C=O) groups is 2. The van der Waals surface area contributed by atoms with E-state index in [0.29, 0.717) is 0 Å². The fraction of sp³-hybridized carbons (Fsp3) is 0.818. The summed E-state index contributed by atoms with van der Waals surface area (Å²) in [6, 6.07) is 0. The van der Waals surface area contributed by atoms with E-state index in [2.05, 4.69) is 0 Å². The molecular weight excluding hydrogens is 258 g/mol. The second-order valence-electron chi connectivity index (χ2n) is 6.07. The van der Waals surface area contributed by atoms with Crippen molar-refractivity contribution < 1.29 is 22.7 Å². The van der Waals surface area contributed by atoms with E-state index >= 15 is 0 Å². The second-order valence-corrected chi connectivity index (χ2v) is 8.14. The number of nitrogens with zero attached hydrogens (tertiary/aromatic N) is 1. The van der Waals surface area contributed by atoms with Gasteiger partial charge in [0.2, 0.25) is 0 Å². The lowest BCUT2D eigenvalue weighted by Crippen LogP contribution is -2.62. The minimum atomic E-state index is -3.28. The predicted molar refractivity (Wildman–Crippen MR) is 63.9 cm³/mol. The number of carbonyl (C=O) groups excluding carboxylic acids is 2. The highest BCUT2D eigenvalue weighted by Crippen LogP contribution is 2.38. The number of sulfone groups is 1. The summed E-state index contributed by atoms with van der Waals surface area (Å²) in [7, 11) is -3.28. The summed E-state index contributed by atoms with van der Waals surface area (Å²) in [5.41, 5.74) is -1.46. The molecule has 1 amide bonds. The van der Waals surface area contributed by atoms with E-state index in [4.69, 9.17) is 4.74 Å². The standard InChI is InChI=1S/C11H17NO5S/c1-10(2,3)17-9(14)12-5-11(6-12)7-18(15,16)4-8(11)13/h4-7H2,1-3H3. The molecule has 0 saturated carbocycles. The van der Waals surface area contributed by atoms with Gasteiger partial charge in [0.25, 0.3) is 0 Å². The fourth-order valence-corrected chi connectivity index (χ4v) is 4.31. The van der Waals surface area contributed by atoms with E-state index < -0.39 is 32.7 Å². The smallest absolute Gasteiger partial charge is 0.410 e. The average Bonchev–Trinajstić information content (AvgIpc) is 2.29. The zero-order chi connectivity index (χ0) is 13.8. The lowest BCUT2D eigenvalue weighted by Gasteiger charge is -2.45. The van der Waals surface area contributed by atoms with Crippen LogP contribution < -0.4 is 0 Å². The van der Waals surface area contributed by atoms with Crippen molar-refractivity contribution in [2.75, 3.05) is 24.6 Å². The lowest BCUT2D eigenvalue weighted by molar-refractivity contribution is -0.132. The first-order chi connectivity index (χ1) is 8.03. The van der Waals surface area contributed by atoms with Crippen LogP contribution in [-0.4, -0.2) is 55.4 Å². The van der Waals surface area contributed by atoms with Gasteiger partial charge in [-0.1, -0.05) is 0 Å².